The van der Waals surface area contributed by atoms with E-state index in [4.69, 9.17) is 4.84 Å². The van der Waals surface area contributed by atoms with E-state index in [1.54, 1.807) is 0 Å². The second kappa shape index (κ2) is 6.02. The summed E-state index contributed by atoms with van der Waals surface area (Å²) in [4.78, 5) is 16.4. The molecule has 0 aliphatic heterocycles. The van der Waals surface area contributed by atoms with Crippen molar-refractivity contribution in [3.8, 4) is 0 Å². The fraction of sp³-hybridized carbons (Fsp3) is 0.909. The van der Waals surface area contributed by atoms with Crippen LogP contribution in [-0.2, 0) is 9.63 Å². The fourth-order valence-electron chi connectivity index (χ4n) is 1.81. The van der Waals surface area contributed by atoms with Crippen molar-refractivity contribution < 1.29 is 9.63 Å². The van der Waals surface area contributed by atoms with Crippen LogP contribution < -0.4 is 5.48 Å². The van der Waals surface area contributed by atoms with Gasteiger partial charge in [-0.1, -0.05) is 26.7 Å². The van der Waals surface area contributed by atoms with Crippen molar-refractivity contribution in [1.82, 2.24) is 5.48 Å². The standard InChI is InChI=1S/C11H21NO2/c1-9(2)8-14-12-11(13)7-10-5-3-4-6-10/h9-10H,3-8H2,1-2H3,(H,12,13). The minimum atomic E-state index is 0.0394. The number of nitrogens with one attached hydrogen (secondary N) is 1. The van der Waals surface area contributed by atoms with Gasteiger partial charge in [0.1, 0.15) is 0 Å². The number of hydroxylamine groups is 1. The predicted octanol–water partition coefficient (Wildman–Crippen LogP) is 2.27. The summed E-state index contributed by atoms with van der Waals surface area (Å²) in [5.41, 5.74) is 2.50. The Bertz CT molecular complexity index is 174. The molecule has 1 amide bonds. The van der Waals surface area contributed by atoms with E-state index in [1.807, 2.05) is 0 Å². The maximum atomic E-state index is 11.3. The molecule has 0 spiro atoms. The molecule has 1 aliphatic rings. The largest absolute Gasteiger partial charge is 0.273 e. The number of hydrogen-bond donors (Lipinski definition) is 1. The lowest BCUT2D eigenvalue weighted by Gasteiger charge is -2.10. The van der Waals surface area contributed by atoms with Gasteiger partial charge in [-0.25, -0.2) is 5.48 Å². The Morgan fingerprint density at radius 1 is 1.43 bits per heavy atom. The summed E-state index contributed by atoms with van der Waals surface area (Å²) in [7, 11) is 0. The van der Waals surface area contributed by atoms with Gasteiger partial charge >= 0.3 is 0 Å². The molecule has 82 valence electrons. The van der Waals surface area contributed by atoms with Gasteiger partial charge in [-0.15, -0.1) is 0 Å². The molecule has 0 aromatic rings. The zero-order chi connectivity index (χ0) is 10.4. The van der Waals surface area contributed by atoms with E-state index in [9.17, 15) is 4.79 Å². The van der Waals surface area contributed by atoms with E-state index >= 15 is 0 Å². The van der Waals surface area contributed by atoms with Crippen molar-refractivity contribution in [3.05, 3.63) is 0 Å². The molecule has 0 saturated heterocycles. The number of amides is 1. The summed E-state index contributed by atoms with van der Waals surface area (Å²) in [6.07, 6.45) is 5.61. The van der Waals surface area contributed by atoms with Gasteiger partial charge in [0, 0.05) is 6.42 Å². The van der Waals surface area contributed by atoms with Gasteiger partial charge in [0.2, 0.25) is 5.91 Å². The van der Waals surface area contributed by atoms with Crippen molar-refractivity contribution in [3.63, 3.8) is 0 Å². The highest BCUT2D eigenvalue weighted by atomic mass is 16.6. The Kier molecular flexibility index (Phi) is 4.94. The van der Waals surface area contributed by atoms with Crippen molar-refractivity contribution in [2.75, 3.05) is 6.61 Å². The molecule has 1 aliphatic carbocycles. The molecule has 0 aromatic heterocycles. The molecule has 1 fully saturated rings. The SMILES string of the molecule is CC(C)CONC(=O)CC1CCCC1. The zero-order valence-corrected chi connectivity index (χ0v) is 9.21. The average molecular weight is 199 g/mol. The van der Waals surface area contributed by atoms with Crippen LogP contribution in [0.4, 0.5) is 0 Å². The third kappa shape index (κ3) is 4.61. The third-order valence-corrected chi connectivity index (χ3v) is 2.55. The number of carbonyl (C=O) groups excluding carboxylic acids is 1. The second-order valence-corrected chi connectivity index (χ2v) is 4.58. The van der Waals surface area contributed by atoms with Crippen LogP contribution in [0, 0.1) is 11.8 Å². The lowest BCUT2D eigenvalue weighted by molar-refractivity contribution is -0.135. The summed E-state index contributed by atoms with van der Waals surface area (Å²) < 4.78 is 0. The second-order valence-electron chi connectivity index (χ2n) is 4.58. The van der Waals surface area contributed by atoms with E-state index in [0.29, 0.717) is 24.9 Å². The smallest absolute Gasteiger partial charge is 0.243 e. The van der Waals surface area contributed by atoms with E-state index in [-0.39, 0.29) is 5.91 Å². The molecule has 1 N–H and O–H groups in total. The van der Waals surface area contributed by atoms with Crippen LogP contribution in [0.15, 0.2) is 0 Å². The quantitative estimate of drug-likeness (QED) is 0.690. The van der Waals surface area contributed by atoms with Crippen LogP contribution in [0.2, 0.25) is 0 Å². The summed E-state index contributed by atoms with van der Waals surface area (Å²) in [5.74, 6) is 1.09. The van der Waals surface area contributed by atoms with Crippen molar-refractivity contribution in [2.24, 2.45) is 11.8 Å². The maximum Gasteiger partial charge on any atom is 0.243 e. The van der Waals surface area contributed by atoms with Crippen molar-refractivity contribution >= 4 is 5.91 Å². The van der Waals surface area contributed by atoms with Crippen LogP contribution >= 0.6 is 0 Å². The van der Waals surface area contributed by atoms with Crippen LogP contribution in [0.3, 0.4) is 0 Å². The maximum absolute atomic E-state index is 11.3. The van der Waals surface area contributed by atoms with Gasteiger partial charge in [-0.2, -0.15) is 0 Å². The molecule has 0 aromatic carbocycles. The first kappa shape index (κ1) is 11.5. The normalized spacial score (nSPS) is 17.6. The molecule has 3 heteroatoms. The Balaban J connectivity index is 2.03. The van der Waals surface area contributed by atoms with Gasteiger partial charge in [0.05, 0.1) is 6.61 Å². The molecule has 0 bridgehead atoms. The van der Waals surface area contributed by atoms with Gasteiger partial charge in [-0.05, 0) is 24.7 Å². The van der Waals surface area contributed by atoms with Crippen LogP contribution in [0.5, 0.6) is 0 Å². The molecule has 1 rings (SSSR count). The lowest BCUT2D eigenvalue weighted by atomic mass is 10.0. The average Bonchev–Trinajstić information content (AvgIpc) is 2.56. The highest BCUT2D eigenvalue weighted by Crippen LogP contribution is 2.27. The van der Waals surface area contributed by atoms with Crippen molar-refractivity contribution in [1.29, 1.82) is 0 Å². The summed E-state index contributed by atoms with van der Waals surface area (Å²) >= 11 is 0. The first-order chi connectivity index (χ1) is 6.68. The lowest BCUT2D eigenvalue weighted by Crippen LogP contribution is -2.26. The summed E-state index contributed by atoms with van der Waals surface area (Å²) in [6, 6.07) is 0. The number of hydrogen-bond acceptors (Lipinski definition) is 2. The fourth-order valence-corrected chi connectivity index (χ4v) is 1.81. The Labute approximate surface area is 86.2 Å². The molecular weight excluding hydrogens is 178 g/mol. The van der Waals surface area contributed by atoms with Crippen LogP contribution in [-0.4, -0.2) is 12.5 Å². The first-order valence-corrected chi connectivity index (χ1v) is 5.59. The van der Waals surface area contributed by atoms with E-state index in [1.165, 1.54) is 25.7 Å². The molecular formula is C11H21NO2. The highest BCUT2D eigenvalue weighted by molar-refractivity contribution is 5.75. The minimum Gasteiger partial charge on any atom is -0.273 e. The highest BCUT2D eigenvalue weighted by Gasteiger charge is 2.18. The molecule has 14 heavy (non-hydrogen) atoms. The van der Waals surface area contributed by atoms with E-state index in [2.05, 4.69) is 19.3 Å². The van der Waals surface area contributed by atoms with Gasteiger partial charge in [0.15, 0.2) is 0 Å². The molecule has 3 nitrogen and oxygen atoms in total. The zero-order valence-electron chi connectivity index (χ0n) is 9.21. The van der Waals surface area contributed by atoms with Gasteiger partial charge in [0.25, 0.3) is 0 Å². The number of carbonyl (C=O) groups is 1. The Hall–Kier alpha value is -0.570. The molecule has 0 atom stereocenters. The predicted molar refractivity (Wildman–Crippen MR) is 55.5 cm³/mol. The summed E-state index contributed by atoms with van der Waals surface area (Å²) in [5, 5.41) is 0. The van der Waals surface area contributed by atoms with E-state index < -0.39 is 0 Å². The minimum absolute atomic E-state index is 0.0394. The van der Waals surface area contributed by atoms with Crippen LogP contribution in [0.1, 0.15) is 46.0 Å². The van der Waals surface area contributed by atoms with E-state index in [0.717, 1.165) is 0 Å². The van der Waals surface area contributed by atoms with Crippen molar-refractivity contribution in [2.45, 2.75) is 46.0 Å². The van der Waals surface area contributed by atoms with Crippen LogP contribution in [0.25, 0.3) is 0 Å². The molecule has 0 radical (unpaired) electrons. The number of rotatable bonds is 5. The molecule has 0 unspecified atom stereocenters. The molecule has 1 saturated carbocycles. The van der Waals surface area contributed by atoms with Gasteiger partial charge in [-0.3, -0.25) is 9.63 Å². The first-order valence-electron chi connectivity index (χ1n) is 5.59. The van der Waals surface area contributed by atoms with Gasteiger partial charge < -0.3 is 0 Å². The monoisotopic (exact) mass is 199 g/mol. The summed E-state index contributed by atoms with van der Waals surface area (Å²) in [6.45, 7) is 4.71. The topological polar surface area (TPSA) is 38.3 Å². The Morgan fingerprint density at radius 3 is 2.64 bits per heavy atom. The molecule has 0 heterocycles. The Morgan fingerprint density at radius 2 is 2.07 bits per heavy atom. The third-order valence-electron chi connectivity index (χ3n) is 2.55.